The molecule has 1 aromatic carbocycles. The zero-order valence-corrected chi connectivity index (χ0v) is 21.9. The van der Waals surface area contributed by atoms with Gasteiger partial charge in [-0.15, -0.1) is 11.3 Å². The zero-order chi connectivity index (χ0) is 26.8. The van der Waals surface area contributed by atoms with E-state index in [1.807, 2.05) is 0 Å². The maximum absolute atomic E-state index is 14.3. The van der Waals surface area contributed by atoms with Gasteiger partial charge in [0.1, 0.15) is 11.3 Å². The summed E-state index contributed by atoms with van der Waals surface area (Å²) in [6.45, 7) is 5.15. The number of aromatic nitrogens is 2. The van der Waals surface area contributed by atoms with Gasteiger partial charge in [0.15, 0.2) is 11.6 Å². The molecule has 2 N–H and O–H groups in total. The molecule has 8 nitrogen and oxygen atoms in total. The molecule has 12 heteroatoms. The summed E-state index contributed by atoms with van der Waals surface area (Å²) in [6, 6.07) is 4.39. The van der Waals surface area contributed by atoms with Gasteiger partial charge in [-0.25, -0.2) is 13.6 Å². The molecule has 0 fully saturated rings. The van der Waals surface area contributed by atoms with Crippen LogP contribution >= 0.6 is 22.9 Å². The number of aromatic amines is 2. The van der Waals surface area contributed by atoms with E-state index in [1.165, 1.54) is 21.1 Å². The van der Waals surface area contributed by atoms with Crippen LogP contribution < -0.4 is 5.56 Å². The van der Waals surface area contributed by atoms with E-state index in [4.69, 9.17) is 16.3 Å². The summed E-state index contributed by atoms with van der Waals surface area (Å²) in [5.41, 5.74) is 0.335. The van der Waals surface area contributed by atoms with Gasteiger partial charge in [-0.1, -0.05) is 11.6 Å². The number of rotatable bonds is 2. The number of nitrogens with zero attached hydrogens (tertiary/aromatic N) is 2. The van der Waals surface area contributed by atoms with Crippen molar-refractivity contribution in [1.82, 2.24) is 19.8 Å². The molecule has 194 valence electrons. The van der Waals surface area contributed by atoms with Gasteiger partial charge >= 0.3 is 6.09 Å². The average molecular weight is 549 g/mol. The van der Waals surface area contributed by atoms with Crippen molar-refractivity contribution in [2.45, 2.75) is 39.0 Å². The van der Waals surface area contributed by atoms with Gasteiger partial charge in [0.25, 0.3) is 11.5 Å². The predicted octanol–water partition coefficient (Wildman–Crippen LogP) is 5.57. The Labute approximate surface area is 218 Å². The first-order valence-corrected chi connectivity index (χ1v) is 12.6. The molecule has 0 aliphatic carbocycles. The summed E-state index contributed by atoms with van der Waals surface area (Å²) in [5.74, 6) is -2.68. The molecule has 5 rings (SSSR count). The molecular formula is C25H23ClF2N4O4S. The fourth-order valence-corrected chi connectivity index (χ4v) is 5.71. The third-order valence-electron chi connectivity index (χ3n) is 6.21. The Morgan fingerprint density at radius 3 is 2.46 bits per heavy atom. The van der Waals surface area contributed by atoms with Crippen molar-refractivity contribution in [3.63, 3.8) is 0 Å². The van der Waals surface area contributed by atoms with E-state index in [9.17, 15) is 23.2 Å². The van der Waals surface area contributed by atoms with E-state index in [2.05, 4.69) is 9.97 Å². The summed E-state index contributed by atoms with van der Waals surface area (Å²) in [4.78, 5) is 47.8. The summed E-state index contributed by atoms with van der Waals surface area (Å²) in [7, 11) is 1.55. The van der Waals surface area contributed by atoms with Crippen LogP contribution in [0, 0.1) is 11.6 Å². The number of likely N-dealkylation sites (N-methyl/N-ethyl adjacent to an activating group) is 1. The smallest absolute Gasteiger partial charge is 0.410 e. The van der Waals surface area contributed by atoms with Crippen LogP contribution in [0.5, 0.6) is 0 Å². The van der Waals surface area contributed by atoms with Gasteiger partial charge in [-0.3, -0.25) is 14.5 Å². The lowest BCUT2D eigenvalue weighted by Crippen LogP contribution is -2.47. The number of fused-ring (bicyclic) bond motifs is 4. The van der Waals surface area contributed by atoms with Crippen molar-refractivity contribution in [3.05, 3.63) is 67.5 Å². The van der Waals surface area contributed by atoms with Gasteiger partial charge in [0.05, 0.1) is 32.5 Å². The quantitative estimate of drug-likeness (QED) is 0.342. The third kappa shape index (κ3) is 4.57. The second-order valence-corrected chi connectivity index (χ2v) is 11.7. The molecule has 2 amide bonds. The number of thiophene rings is 1. The number of pyridine rings is 1. The standard InChI is InChI=1S/C25H23ClF2N4O4S/c1-25(2,3)36-24(35)32-9-17-21(11-5-13(27)14(28)6-12(11)22(33)30-17)18(10-32)31(4)23(34)16-7-19-15(29-16)8-20(26)37-19/h5-8,18,29H,9-10H2,1-4H3,(H,30,33)/t18-/m0/s1. The lowest BCUT2D eigenvalue weighted by atomic mass is 9.92. The lowest BCUT2D eigenvalue weighted by molar-refractivity contribution is 0.0142. The highest BCUT2D eigenvalue weighted by atomic mass is 35.5. The number of hydrogen-bond acceptors (Lipinski definition) is 5. The number of amides is 2. The van der Waals surface area contributed by atoms with Crippen LogP contribution in [0.3, 0.4) is 0 Å². The molecule has 4 heterocycles. The second-order valence-electron chi connectivity index (χ2n) is 9.96. The largest absolute Gasteiger partial charge is 0.444 e. The summed E-state index contributed by atoms with van der Waals surface area (Å²) >= 11 is 7.37. The van der Waals surface area contributed by atoms with E-state index >= 15 is 0 Å². The van der Waals surface area contributed by atoms with Crippen LogP contribution in [-0.2, 0) is 11.3 Å². The number of halogens is 3. The Morgan fingerprint density at radius 1 is 1.14 bits per heavy atom. The highest BCUT2D eigenvalue weighted by molar-refractivity contribution is 7.22. The molecule has 3 aromatic heterocycles. The van der Waals surface area contributed by atoms with Crippen molar-refractivity contribution in [2.75, 3.05) is 13.6 Å². The summed E-state index contributed by atoms with van der Waals surface area (Å²) in [6.07, 6.45) is -0.634. The van der Waals surface area contributed by atoms with Crippen molar-refractivity contribution in [1.29, 1.82) is 0 Å². The number of H-pyrrole nitrogens is 2. The number of nitrogens with one attached hydrogen (secondary N) is 2. The predicted molar refractivity (Wildman–Crippen MR) is 137 cm³/mol. The van der Waals surface area contributed by atoms with Crippen LogP contribution in [-0.4, -0.2) is 51.0 Å². The van der Waals surface area contributed by atoms with Crippen LogP contribution in [0.4, 0.5) is 13.6 Å². The van der Waals surface area contributed by atoms with Crippen LogP contribution in [0.2, 0.25) is 4.34 Å². The number of carbonyl (C=O) groups is 2. The molecular weight excluding hydrogens is 526 g/mol. The van der Waals surface area contributed by atoms with E-state index in [0.29, 0.717) is 26.8 Å². The minimum absolute atomic E-state index is 0.00516. The van der Waals surface area contributed by atoms with Crippen molar-refractivity contribution in [3.8, 4) is 0 Å². The maximum Gasteiger partial charge on any atom is 0.410 e. The van der Waals surface area contributed by atoms with Gasteiger partial charge in [-0.05, 0) is 50.4 Å². The molecule has 1 aliphatic heterocycles. The highest BCUT2D eigenvalue weighted by Crippen LogP contribution is 2.36. The van der Waals surface area contributed by atoms with Crippen molar-refractivity contribution >= 4 is 55.9 Å². The number of benzene rings is 1. The SMILES string of the molecule is CN(C(=O)c1cc2sc(Cl)cc2[nH]1)[C@H]1CN(C(=O)OC(C)(C)C)Cc2[nH]c(=O)c3cc(F)c(F)cc3c21. The molecule has 4 aromatic rings. The van der Waals surface area contributed by atoms with Crippen LogP contribution in [0.25, 0.3) is 21.0 Å². The first kappa shape index (κ1) is 25.2. The fourth-order valence-electron chi connectivity index (χ4n) is 4.57. The van der Waals surface area contributed by atoms with Gasteiger partial charge in [-0.2, -0.15) is 0 Å². The number of hydrogen-bond donors (Lipinski definition) is 2. The van der Waals surface area contributed by atoms with E-state index in [-0.39, 0.29) is 23.9 Å². The Balaban J connectivity index is 1.63. The van der Waals surface area contributed by atoms with Crippen LogP contribution in [0.1, 0.15) is 48.6 Å². The molecule has 0 unspecified atom stereocenters. The minimum atomic E-state index is -1.16. The fraction of sp³-hybridized carbons (Fsp3) is 0.320. The van der Waals surface area contributed by atoms with E-state index < -0.39 is 40.8 Å². The lowest BCUT2D eigenvalue weighted by Gasteiger charge is -2.39. The van der Waals surface area contributed by atoms with Crippen molar-refractivity contribution < 1.29 is 23.1 Å². The Morgan fingerprint density at radius 2 is 1.81 bits per heavy atom. The van der Waals surface area contributed by atoms with E-state index in [1.54, 1.807) is 40.0 Å². The van der Waals surface area contributed by atoms with E-state index in [0.717, 1.165) is 16.8 Å². The molecule has 0 saturated carbocycles. The van der Waals surface area contributed by atoms with Gasteiger partial charge < -0.3 is 19.6 Å². The Kier molecular flexibility index (Phi) is 6.03. The average Bonchev–Trinajstić information content (AvgIpc) is 3.35. The molecule has 1 atom stereocenters. The summed E-state index contributed by atoms with van der Waals surface area (Å²) in [5, 5.41) is 0.120. The van der Waals surface area contributed by atoms with Crippen LogP contribution in [0.15, 0.2) is 29.1 Å². The number of ether oxygens (including phenoxy) is 1. The monoisotopic (exact) mass is 548 g/mol. The molecule has 0 bridgehead atoms. The Bertz CT molecular complexity index is 1610. The maximum atomic E-state index is 14.3. The third-order valence-corrected chi connectivity index (χ3v) is 7.42. The topological polar surface area (TPSA) is 98.5 Å². The van der Waals surface area contributed by atoms with Gasteiger partial charge in [0, 0.05) is 24.8 Å². The van der Waals surface area contributed by atoms with Crippen molar-refractivity contribution in [2.24, 2.45) is 0 Å². The number of carbonyl (C=O) groups excluding carboxylic acids is 2. The molecule has 1 aliphatic rings. The summed E-state index contributed by atoms with van der Waals surface area (Å²) < 4.78 is 35.3. The molecule has 0 saturated heterocycles. The van der Waals surface area contributed by atoms with Gasteiger partial charge in [0.2, 0.25) is 0 Å². The molecule has 37 heavy (non-hydrogen) atoms. The Hall–Kier alpha value is -3.44. The normalized spacial score (nSPS) is 15.8. The first-order chi connectivity index (χ1) is 17.3. The highest BCUT2D eigenvalue weighted by Gasteiger charge is 2.37. The molecule has 0 spiro atoms. The molecule has 0 radical (unpaired) electrons. The first-order valence-electron chi connectivity index (χ1n) is 11.4. The zero-order valence-electron chi connectivity index (χ0n) is 20.4. The second kappa shape index (κ2) is 8.84. The minimum Gasteiger partial charge on any atom is -0.444 e.